The number of nitrogens with one attached hydrogen (secondary N) is 3. The van der Waals surface area contributed by atoms with Crippen molar-refractivity contribution in [2.75, 3.05) is 36.8 Å². The van der Waals surface area contributed by atoms with Crippen LogP contribution in [0.1, 0.15) is 29.3 Å². The molecule has 8 heteroatoms. The van der Waals surface area contributed by atoms with Crippen molar-refractivity contribution in [2.24, 2.45) is 5.92 Å². The minimum Gasteiger partial charge on any atom is -0.352 e. The van der Waals surface area contributed by atoms with Gasteiger partial charge < -0.3 is 20.9 Å². The summed E-state index contributed by atoms with van der Waals surface area (Å²) in [5.41, 5.74) is 4.52. The van der Waals surface area contributed by atoms with Gasteiger partial charge >= 0.3 is 0 Å². The normalized spacial score (nSPS) is 17.3. The summed E-state index contributed by atoms with van der Waals surface area (Å²) in [4.78, 5) is 36.3. The third kappa shape index (κ3) is 4.77. The molecule has 2 aliphatic rings. The number of likely N-dealkylation sites (tertiary alicyclic amines) is 1. The lowest BCUT2D eigenvalue weighted by Crippen LogP contribution is -2.31. The maximum atomic E-state index is 12.6. The van der Waals surface area contributed by atoms with Gasteiger partial charge in [-0.3, -0.25) is 9.59 Å². The third-order valence-corrected chi connectivity index (χ3v) is 6.44. The van der Waals surface area contributed by atoms with E-state index >= 15 is 0 Å². The Morgan fingerprint density at radius 1 is 1.18 bits per heavy atom. The molecule has 0 spiro atoms. The summed E-state index contributed by atoms with van der Waals surface area (Å²) < 4.78 is 0. The highest BCUT2D eigenvalue weighted by Crippen LogP contribution is 2.32. The number of aromatic nitrogens is 2. The number of hydrogen-bond donors (Lipinski definition) is 3. The van der Waals surface area contributed by atoms with Gasteiger partial charge in [0.1, 0.15) is 0 Å². The van der Waals surface area contributed by atoms with Crippen LogP contribution in [-0.4, -0.2) is 52.9 Å². The monoisotopic (exact) mass is 456 g/mol. The average molecular weight is 457 g/mol. The first-order chi connectivity index (χ1) is 16.6. The molecule has 34 heavy (non-hydrogen) atoms. The quantitative estimate of drug-likeness (QED) is 0.525. The molecule has 0 aliphatic carbocycles. The van der Waals surface area contributed by atoms with E-state index in [1.165, 1.54) is 0 Å². The number of para-hydroxylation sites is 1. The van der Waals surface area contributed by atoms with Gasteiger partial charge in [0.05, 0.1) is 17.8 Å². The molecule has 3 aromatic rings. The minimum absolute atomic E-state index is 0.0587. The molecule has 1 unspecified atom stereocenters. The van der Waals surface area contributed by atoms with Crippen molar-refractivity contribution in [3.8, 4) is 11.3 Å². The predicted octanol–water partition coefficient (Wildman–Crippen LogP) is 3.45. The van der Waals surface area contributed by atoms with Crippen LogP contribution >= 0.6 is 0 Å². The van der Waals surface area contributed by atoms with Crippen LogP contribution in [-0.2, 0) is 11.2 Å². The number of carbonyl (C=O) groups excluding carboxylic acids is 2. The van der Waals surface area contributed by atoms with Crippen LogP contribution in [0.3, 0.4) is 0 Å². The lowest BCUT2D eigenvalue weighted by Gasteiger charge is -2.14. The van der Waals surface area contributed by atoms with Crippen molar-refractivity contribution in [3.63, 3.8) is 0 Å². The minimum atomic E-state index is -0.0833. The van der Waals surface area contributed by atoms with Crippen molar-refractivity contribution in [1.82, 2.24) is 20.2 Å². The molecule has 1 aromatic heterocycles. The first kappa shape index (κ1) is 22.0. The molecule has 3 heterocycles. The number of nitrogens with zero attached hydrogens (tertiary/aromatic N) is 3. The molecule has 2 aliphatic heterocycles. The molecule has 2 aromatic carbocycles. The van der Waals surface area contributed by atoms with Crippen LogP contribution in [0.4, 0.5) is 17.3 Å². The molecule has 1 saturated heterocycles. The molecule has 1 fully saturated rings. The standard InChI is InChI=1S/C26H28N6O2/c1-2-32-12-11-17(16-32)14-27-25(34)18-7-9-20(10-8-18)29-26-28-15-19-13-23(33)30-22-6-4-3-5-21(22)24(19)31-26/h3-10,15,17H,2,11-14,16H2,1H3,(H,27,34)(H,30,33)(H,28,29,31). The van der Waals surface area contributed by atoms with Gasteiger partial charge in [0.15, 0.2) is 0 Å². The van der Waals surface area contributed by atoms with Crippen LogP contribution in [0.2, 0.25) is 0 Å². The van der Waals surface area contributed by atoms with Crippen molar-refractivity contribution < 1.29 is 9.59 Å². The molecular formula is C26H28N6O2. The van der Waals surface area contributed by atoms with E-state index in [0.29, 0.717) is 24.0 Å². The molecular weight excluding hydrogens is 428 g/mol. The summed E-state index contributed by atoms with van der Waals surface area (Å²) >= 11 is 0. The van der Waals surface area contributed by atoms with Crippen molar-refractivity contribution in [3.05, 3.63) is 65.9 Å². The number of fused-ring (bicyclic) bond motifs is 3. The predicted molar refractivity (Wildman–Crippen MR) is 132 cm³/mol. The molecule has 174 valence electrons. The second kappa shape index (κ2) is 9.61. The summed E-state index contributed by atoms with van der Waals surface area (Å²) in [6.45, 7) is 6.10. The number of amides is 2. The Labute approximate surface area is 198 Å². The lowest BCUT2D eigenvalue weighted by atomic mass is 10.1. The van der Waals surface area contributed by atoms with Gasteiger partial charge in [0.2, 0.25) is 11.9 Å². The van der Waals surface area contributed by atoms with Gasteiger partial charge in [-0.1, -0.05) is 25.1 Å². The van der Waals surface area contributed by atoms with Gasteiger partial charge in [-0.15, -0.1) is 0 Å². The van der Waals surface area contributed by atoms with Gasteiger partial charge in [-0.05, 0) is 55.8 Å². The van der Waals surface area contributed by atoms with Crippen LogP contribution in [0.15, 0.2) is 54.7 Å². The Hall–Kier alpha value is -3.78. The third-order valence-electron chi connectivity index (χ3n) is 6.44. The van der Waals surface area contributed by atoms with E-state index in [1.54, 1.807) is 18.3 Å². The van der Waals surface area contributed by atoms with Crippen LogP contribution in [0, 0.1) is 5.92 Å². The summed E-state index contributed by atoms with van der Waals surface area (Å²) in [5, 5.41) is 9.19. The maximum absolute atomic E-state index is 12.6. The summed E-state index contributed by atoms with van der Waals surface area (Å²) in [7, 11) is 0. The van der Waals surface area contributed by atoms with Crippen molar-refractivity contribution in [2.45, 2.75) is 19.8 Å². The molecule has 0 saturated carbocycles. The van der Waals surface area contributed by atoms with Crippen molar-refractivity contribution in [1.29, 1.82) is 0 Å². The van der Waals surface area contributed by atoms with Crippen LogP contribution < -0.4 is 16.0 Å². The molecule has 8 nitrogen and oxygen atoms in total. The first-order valence-electron chi connectivity index (χ1n) is 11.7. The van der Waals surface area contributed by atoms with E-state index < -0.39 is 0 Å². The zero-order chi connectivity index (χ0) is 23.5. The van der Waals surface area contributed by atoms with E-state index in [4.69, 9.17) is 4.98 Å². The molecule has 2 amide bonds. The molecule has 0 radical (unpaired) electrons. The lowest BCUT2D eigenvalue weighted by molar-refractivity contribution is -0.115. The fraction of sp³-hybridized carbons (Fsp3) is 0.308. The highest BCUT2D eigenvalue weighted by molar-refractivity contribution is 6.00. The Bertz CT molecular complexity index is 1210. The van der Waals surface area contributed by atoms with Gasteiger partial charge in [-0.25, -0.2) is 9.97 Å². The average Bonchev–Trinajstić information content (AvgIpc) is 3.27. The Balaban J connectivity index is 1.26. The highest BCUT2D eigenvalue weighted by Gasteiger charge is 2.22. The largest absolute Gasteiger partial charge is 0.352 e. The van der Waals surface area contributed by atoms with E-state index in [0.717, 1.165) is 54.3 Å². The first-order valence-corrected chi connectivity index (χ1v) is 11.7. The van der Waals surface area contributed by atoms with E-state index in [2.05, 4.69) is 32.8 Å². The van der Waals surface area contributed by atoms with Crippen LogP contribution in [0.25, 0.3) is 11.3 Å². The zero-order valence-corrected chi connectivity index (χ0v) is 19.2. The Morgan fingerprint density at radius 3 is 2.79 bits per heavy atom. The molecule has 1 atom stereocenters. The number of rotatable bonds is 6. The number of benzene rings is 2. The topological polar surface area (TPSA) is 99.2 Å². The summed E-state index contributed by atoms with van der Waals surface area (Å²) in [6, 6.07) is 14.9. The zero-order valence-electron chi connectivity index (χ0n) is 19.2. The molecule has 5 rings (SSSR count). The maximum Gasteiger partial charge on any atom is 0.251 e. The Morgan fingerprint density at radius 2 is 2.00 bits per heavy atom. The summed E-state index contributed by atoms with van der Waals surface area (Å²) in [6.07, 6.45) is 3.05. The van der Waals surface area contributed by atoms with Gasteiger partial charge in [-0.2, -0.15) is 0 Å². The fourth-order valence-corrected chi connectivity index (χ4v) is 4.54. The van der Waals surface area contributed by atoms with Gasteiger partial charge in [0.25, 0.3) is 5.91 Å². The smallest absolute Gasteiger partial charge is 0.251 e. The molecule has 3 N–H and O–H groups in total. The number of anilines is 3. The van der Waals surface area contributed by atoms with E-state index in [9.17, 15) is 9.59 Å². The number of hydrogen-bond acceptors (Lipinski definition) is 6. The Kier molecular flexibility index (Phi) is 6.22. The highest BCUT2D eigenvalue weighted by atomic mass is 16.2. The van der Waals surface area contributed by atoms with Crippen LogP contribution in [0.5, 0.6) is 0 Å². The fourth-order valence-electron chi connectivity index (χ4n) is 4.54. The van der Waals surface area contributed by atoms with Crippen molar-refractivity contribution >= 4 is 29.1 Å². The summed E-state index contributed by atoms with van der Waals surface area (Å²) in [5.74, 6) is 0.809. The van der Waals surface area contributed by atoms with E-state index in [-0.39, 0.29) is 18.2 Å². The van der Waals surface area contributed by atoms with Gasteiger partial charge in [0, 0.05) is 41.7 Å². The second-order valence-corrected chi connectivity index (χ2v) is 8.80. The second-order valence-electron chi connectivity index (χ2n) is 8.80. The van der Waals surface area contributed by atoms with E-state index in [1.807, 2.05) is 36.4 Å². The molecule has 0 bridgehead atoms. The number of carbonyl (C=O) groups is 2. The SMILES string of the molecule is CCN1CCC(CNC(=O)c2ccc(Nc3ncc4c(n3)-c3ccccc3NC(=O)C4)cc2)C1.